The van der Waals surface area contributed by atoms with Gasteiger partial charge in [0, 0.05) is 25.7 Å². The van der Waals surface area contributed by atoms with E-state index < -0.39 is 10.0 Å². The second-order valence-corrected chi connectivity index (χ2v) is 6.67. The summed E-state index contributed by atoms with van der Waals surface area (Å²) >= 11 is 4.95. The first-order chi connectivity index (χ1) is 7.96. The first-order valence-corrected chi connectivity index (χ1v) is 7.80. The van der Waals surface area contributed by atoms with Gasteiger partial charge in [-0.05, 0) is 19.3 Å². The molecule has 2 atom stereocenters. The van der Waals surface area contributed by atoms with Crippen molar-refractivity contribution in [1.82, 2.24) is 4.72 Å². The highest BCUT2D eigenvalue weighted by atomic mass is 32.2. The zero-order valence-electron chi connectivity index (χ0n) is 10.0. The molecule has 5 nitrogen and oxygen atoms in total. The Balaban J connectivity index is 2.49. The molecule has 1 fully saturated rings. The molecule has 100 valence electrons. The summed E-state index contributed by atoms with van der Waals surface area (Å²) in [6, 6.07) is -0.125. The molecule has 0 aliphatic heterocycles. The third-order valence-electron chi connectivity index (χ3n) is 2.97. The van der Waals surface area contributed by atoms with E-state index in [1.54, 1.807) is 7.11 Å². The van der Waals surface area contributed by atoms with E-state index in [-0.39, 0.29) is 17.7 Å². The van der Waals surface area contributed by atoms with Crippen molar-refractivity contribution in [3.05, 3.63) is 0 Å². The van der Waals surface area contributed by atoms with Crippen molar-refractivity contribution in [2.45, 2.75) is 31.7 Å². The molecule has 7 heteroatoms. The molecule has 1 aliphatic rings. The minimum Gasteiger partial charge on any atom is -0.393 e. The molecule has 1 aliphatic carbocycles. The molecule has 0 amide bonds. The fourth-order valence-corrected chi connectivity index (χ4v) is 3.77. The van der Waals surface area contributed by atoms with Crippen molar-refractivity contribution in [3.8, 4) is 0 Å². The lowest BCUT2D eigenvalue weighted by Crippen LogP contribution is -2.42. The normalized spacial score (nSPS) is 25.0. The lowest BCUT2D eigenvalue weighted by Gasteiger charge is -2.19. The minimum atomic E-state index is -3.25. The van der Waals surface area contributed by atoms with Gasteiger partial charge in [-0.15, -0.1) is 0 Å². The Kier molecular flexibility index (Phi) is 5.78. The van der Waals surface area contributed by atoms with Crippen LogP contribution in [0.2, 0.25) is 0 Å². The topological polar surface area (TPSA) is 81.4 Å². The summed E-state index contributed by atoms with van der Waals surface area (Å²) < 4.78 is 31.1. The average Bonchev–Trinajstić information content (AvgIpc) is 2.65. The van der Waals surface area contributed by atoms with E-state index in [0.29, 0.717) is 18.0 Å². The van der Waals surface area contributed by atoms with Gasteiger partial charge in [0.05, 0.1) is 10.7 Å². The molecule has 0 aromatic rings. The molecule has 1 rings (SSSR count). The predicted molar refractivity (Wildman–Crippen MR) is 71.3 cm³/mol. The SMILES string of the molecule is COCCCS(=O)(=O)NC1CCCC1C(N)=S. The highest BCUT2D eigenvalue weighted by molar-refractivity contribution is 7.89. The Hall–Kier alpha value is -0.240. The standard InChI is InChI=1S/C10H20N2O3S2/c1-15-6-3-7-17(13,14)12-9-5-2-4-8(9)10(11)16/h8-9,12H,2-7H2,1H3,(H2,11,16). The zero-order chi connectivity index (χ0) is 12.9. The Morgan fingerprint density at radius 3 is 2.82 bits per heavy atom. The fraction of sp³-hybridized carbons (Fsp3) is 0.900. The van der Waals surface area contributed by atoms with Crippen LogP contribution in [0.1, 0.15) is 25.7 Å². The van der Waals surface area contributed by atoms with Gasteiger partial charge in [0.1, 0.15) is 0 Å². The van der Waals surface area contributed by atoms with Crippen molar-refractivity contribution in [2.75, 3.05) is 19.5 Å². The monoisotopic (exact) mass is 280 g/mol. The Morgan fingerprint density at radius 1 is 1.53 bits per heavy atom. The fourth-order valence-electron chi connectivity index (χ4n) is 2.12. The number of nitrogens with one attached hydrogen (secondary N) is 1. The van der Waals surface area contributed by atoms with Gasteiger partial charge in [0.25, 0.3) is 0 Å². The predicted octanol–water partition coefficient (Wildman–Crippen LogP) is 0.397. The largest absolute Gasteiger partial charge is 0.393 e. The van der Waals surface area contributed by atoms with Gasteiger partial charge in [-0.25, -0.2) is 13.1 Å². The summed E-state index contributed by atoms with van der Waals surface area (Å²) in [4.78, 5) is 0.409. The molecule has 0 aromatic carbocycles. The van der Waals surface area contributed by atoms with Crippen LogP contribution in [0.4, 0.5) is 0 Å². The van der Waals surface area contributed by atoms with Crippen LogP contribution < -0.4 is 10.5 Å². The molecule has 0 aromatic heterocycles. The average molecular weight is 280 g/mol. The van der Waals surface area contributed by atoms with E-state index in [2.05, 4.69) is 4.72 Å². The van der Waals surface area contributed by atoms with E-state index in [1.165, 1.54) is 0 Å². The maximum Gasteiger partial charge on any atom is 0.211 e. The zero-order valence-corrected chi connectivity index (χ0v) is 11.6. The molecule has 1 saturated carbocycles. The molecular weight excluding hydrogens is 260 g/mol. The maximum atomic E-state index is 11.8. The highest BCUT2D eigenvalue weighted by Gasteiger charge is 2.32. The van der Waals surface area contributed by atoms with Crippen LogP contribution in [0.5, 0.6) is 0 Å². The number of thiocarbonyl (C=S) groups is 1. The van der Waals surface area contributed by atoms with Crippen LogP contribution in [0.3, 0.4) is 0 Å². The number of nitrogens with two attached hydrogens (primary N) is 1. The molecule has 0 radical (unpaired) electrons. The summed E-state index contributed by atoms with van der Waals surface area (Å²) in [6.07, 6.45) is 3.15. The van der Waals surface area contributed by atoms with Gasteiger partial charge in [-0.2, -0.15) is 0 Å². The minimum absolute atomic E-state index is 0.00204. The molecular formula is C10H20N2O3S2. The van der Waals surface area contributed by atoms with Gasteiger partial charge < -0.3 is 10.5 Å². The number of hydrogen-bond acceptors (Lipinski definition) is 4. The molecule has 0 bridgehead atoms. The molecule has 0 saturated heterocycles. The lowest BCUT2D eigenvalue weighted by atomic mass is 10.1. The van der Waals surface area contributed by atoms with E-state index >= 15 is 0 Å². The number of sulfonamides is 1. The quantitative estimate of drug-likeness (QED) is 0.521. The number of ether oxygens (including phenoxy) is 1. The number of methoxy groups -OCH3 is 1. The van der Waals surface area contributed by atoms with Crippen molar-refractivity contribution in [1.29, 1.82) is 0 Å². The van der Waals surface area contributed by atoms with Crippen molar-refractivity contribution < 1.29 is 13.2 Å². The van der Waals surface area contributed by atoms with Crippen LogP contribution in [0.15, 0.2) is 0 Å². The third-order valence-corrected chi connectivity index (χ3v) is 4.76. The number of hydrogen-bond donors (Lipinski definition) is 2. The summed E-state index contributed by atoms with van der Waals surface area (Å²) in [6.45, 7) is 0.449. The first-order valence-electron chi connectivity index (χ1n) is 5.74. The molecule has 17 heavy (non-hydrogen) atoms. The van der Waals surface area contributed by atoms with Gasteiger partial charge in [0.15, 0.2) is 0 Å². The van der Waals surface area contributed by atoms with Gasteiger partial charge in [-0.3, -0.25) is 0 Å². The van der Waals surface area contributed by atoms with Crippen molar-refractivity contribution in [3.63, 3.8) is 0 Å². The highest BCUT2D eigenvalue weighted by Crippen LogP contribution is 2.26. The number of rotatable bonds is 7. The van der Waals surface area contributed by atoms with E-state index in [9.17, 15) is 8.42 Å². The van der Waals surface area contributed by atoms with Crippen LogP contribution in [-0.2, 0) is 14.8 Å². The lowest BCUT2D eigenvalue weighted by molar-refractivity contribution is 0.199. The van der Waals surface area contributed by atoms with E-state index in [4.69, 9.17) is 22.7 Å². The molecule has 3 N–H and O–H groups in total. The van der Waals surface area contributed by atoms with Crippen molar-refractivity contribution >= 4 is 27.2 Å². The summed E-state index contributed by atoms with van der Waals surface area (Å²) in [5.41, 5.74) is 5.61. The Morgan fingerprint density at radius 2 is 2.24 bits per heavy atom. The van der Waals surface area contributed by atoms with Gasteiger partial charge in [-0.1, -0.05) is 18.6 Å². The smallest absolute Gasteiger partial charge is 0.211 e. The van der Waals surface area contributed by atoms with E-state index in [1.807, 2.05) is 0 Å². The summed E-state index contributed by atoms with van der Waals surface area (Å²) in [7, 11) is -1.69. The molecule has 0 heterocycles. The first kappa shape index (κ1) is 14.8. The van der Waals surface area contributed by atoms with Crippen LogP contribution in [0, 0.1) is 5.92 Å². The van der Waals surface area contributed by atoms with Crippen molar-refractivity contribution in [2.24, 2.45) is 11.7 Å². The molecule has 0 spiro atoms. The molecule has 2 unspecified atom stereocenters. The van der Waals surface area contributed by atoms with Crippen LogP contribution in [0.25, 0.3) is 0 Å². The van der Waals surface area contributed by atoms with Crippen LogP contribution in [-0.4, -0.2) is 38.9 Å². The summed E-state index contributed by atoms with van der Waals surface area (Å²) in [5.74, 6) is 0.0868. The Bertz CT molecular complexity index is 357. The van der Waals surface area contributed by atoms with Gasteiger partial charge >= 0.3 is 0 Å². The second-order valence-electron chi connectivity index (χ2n) is 4.33. The summed E-state index contributed by atoms with van der Waals surface area (Å²) in [5, 5.41) is 0. The maximum absolute atomic E-state index is 11.8. The third kappa shape index (κ3) is 4.87. The van der Waals surface area contributed by atoms with Crippen LogP contribution >= 0.6 is 12.2 Å². The van der Waals surface area contributed by atoms with E-state index in [0.717, 1.165) is 19.3 Å². The van der Waals surface area contributed by atoms with Gasteiger partial charge in [0.2, 0.25) is 10.0 Å². The Labute approximate surface area is 108 Å². The second kappa shape index (κ2) is 6.63.